The molecule has 0 spiro atoms. The van der Waals surface area contributed by atoms with Gasteiger partial charge in [-0.2, -0.15) is 0 Å². The number of hydrogen-bond acceptors (Lipinski definition) is 1. The Hall–Kier alpha value is -1.83. The van der Waals surface area contributed by atoms with Crippen LogP contribution in [-0.2, 0) is 0 Å². The molecule has 0 saturated heterocycles. The molecule has 1 nitrogen and oxygen atoms in total. The third-order valence-electron chi connectivity index (χ3n) is 2.61. The first-order valence-electron chi connectivity index (χ1n) is 4.83. The normalized spacial score (nSPS) is 11.3. The summed E-state index contributed by atoms with van der Waals surface area (Å²) in [5.41, 5.74) is 2.20. The minimum Gasteiger partial charge on any atom is -0.453 e. The summed E-state index contributed by atoms with van der Waals surface area (Å²) in [5, 5.41) is 1.81. The predicted octanol–water partition coefficient (Wildman–Crippen LogP) is 4.03. The molecule has 0 N–H and O–H groups in total. The van der Waals surface area contributed by atoms with Gasteiger partial charge < -0.3 is 4.42 Å². The van der Waals surface area contributed by atoms with E-state index in [1.165, 1.54) is 6.07 Å². The lowest BCUT2D eigenvalue weighted by molar-refractivity contribution is 0.584. The molecule has 2 aromatic carbocycles. The highest BCUT2D eigenvalue weighted by Crippen LogP contribution is 2.30. The van der Waals surface area contributed by atoms with Crippen molar-refractivity contribution in [2.45, 2.75) is 6.92 Å². The van der Waals surface area contributed by atoms with Gasteiger partial charge in [-0.15, -0.1) is 0 Å². The van der Waals surface area contributed by atoms with Crippen LogP contribution >= 0.6 is 0 Å². The van der Waals surface area contributed by atoms with Gasteiger partial charge in [0.05, 0.1) is 0 Å². The Balaban J connectivity index is 2.57. The Morgan fingerprint density at radius 1 is 1.07 bits per heavy atom. The molecule has 3 rings (SSSR count). The van der Waals surface area contributed by atoms with Crippen LogP contribution in [0.3, 0.4) is 0 Å². The van der Waals surface area contributed by atoms with Crippen LogP contribution in [0.25, 0.3) is 21.9 Å². The van der Waals surface area contributed by atoms with Crippen LogP contribution in [0, 0.1) is 12.7 Å². The average molecular weight is 200 g/mol. The lowest BCUT2D eigenvalue weighted by Gasteiger charge is -1.90. The second-order valence-electron chi connectivity index (χ2n) is 3.72. The third kappa shape index (κ3) is 1.14. The Bertz CT molecular complexity index is 652. The maximum Gasteiger partial charge on any atom is 0.171 e. The number of rotatable bonds is 0. The Morgan fingerprint density at radius 2 is 1.93 bits per heavy atom. The van der Waals surface area contributed by atoms with E-state index in [1.807, 2.05) is 31.2 Å². The number of fused-ring (bicyclic) bond motifs is 3. The van der Waals surface area contributed by atoms with Crippen molar-refractivity contribution in [3.05, 3.63) is 47.8 Å². The molecule has 0 fully saturated rings. The molecule has 2 heteroatoms. The quantitative estimate of drug-likeness (QED) is 0.534. The minimum atomic E-state index is -0.304. The fourth-order valence-electron chi connectivity index (χ4n) is 1.87. The van der Waals surface area contributed by atoms with Crippen LogP contribution in [0.4, 0.5) is 4.39 Å². The van der Waals surface area contributed by atoms with E-state index in [4.69, 9.17) is 4.42 Å². The van der Waals surface area contributed by atoms with Crippen LogP contribution in [0.1, 0.15) is 5.56 Å². The smallest absolute Gasteiger partial charge is 0.171 e. The first kappa shape index (κ1) is 8.48. The van der Waals surface area contributed by atoms with E-state index in [1.54, 1.807) is 6.07 Å². The maximum absolute atomic E-state index is 13.4. The van der Waals surface area contributed by atoms with Crippen LogP contribution in [0.15, 0.2) is 40.8 Å². The largest absolute Gasteiger partial charge is 0.453 e. The Morgan fingerprint density at radius 3 is 2.80 bits per heavy atom. The van der Waals surface area contributed by atoms with Crippen LogP contribution < -0.4 is 0 Å². The van der Waals surface area contributed by atoms with Crippen LogP contribution in [-0.4, -0.2) is 0 Å². The summed E-state index contributed by atoms with van der Waals surface area (Å²) >= 11 is 0. The lowest BCUT2D eigenvalue weighted by atomic mass is 10.1. The molecule has 0 aliphatic heterocycles. The summed E-state index contributed by atoms with van der Waals surface area (Å²) in [6.45, 7) is 1.99. The van der Waals surface area contributed by atoms with E-state index in [2.05, 4.69) is 0 Å². The fourth-order valence-corrected chi connectivity index (χ4v) is 1.87. The lowest BCUT2D eigenvalue weighted by Crippen LogP contribution is -1.72. The number of halogens is 1. The zero-order chi connectivity index (χ0) is 10.4. The van der Waals surface area contributed by atoms with Gasteiger partial charge in [0, 0.05) is 10.8 Å². The molecule has 0 radical (unpaired) electrons. The summed E-state index contributed by atoms with van der Waals surface area (Å²) in [7, 11) is 0. The second-order valence-corrected chi connectivity index (χ2v) is 3.72. The molecule has 0 amide bonds. The van der Waals surface area contributed by atoms with Crippen molar-refractivity contribution in [1.29, 1.82) is 0 Å². The van der Waals surface area contributed by atoms with E-state index in [0.29, 0.717) is 5.58 Å². The highest BCUT2D eigenvalue weighted by atomic mass is 19.1. The van der Waals surface area contributed by atoms with E-state index in [9.17, 15) is 4.39 Å². The summed E-state index contributed by atoms with van der Waals surface area (Å²) in [6, 6.07) is 10.9. The van der Waals surface area contributed by atoms with Gasteiger partial charge in [-0.1, -0.05) is 24.3 Å². The highest BCUT2D eigenvalue weighted by molar-refractivity contribution is 6.05. The summed E-state index contributed by atoms with van der Waals surface area (Å²) in [6.07, 6.45) is 0. The summed E-state index contributed by atoms with van der Waals surface area (Å²) in [5.74, 6) is -0.304. The monoisotopic (exact) mass is 200 g/mol. The number of hydrogen-bond donors (Lipinski definition) is 0. The van der Waals surface area contributed by atoms with Gasteiger partial charge in [0.2, 0.25) is 0 Å². The molecular formula is C13H9FO. The molecule has 0 saturated carbocycles. The fraction of sp³-hybridized carbons (Fsp3) is 0.0769. The van der Waals surface area contributed by atoms with Crippen LogP contribution in [0.2, 0.25) is 0 Å². The molecule has 0 bridgehead atoms. The van der Waals surface area contributed by atoms with Gasteiger partial charge in [0.1, 0.15) is 5.58 Å². The summed E-state index contributed by atoms with van der Waals surface area (Å²) in [4.78, 5) is 0. The predicted molar refractivity (Wildman–Crippen MR) is 58.4 cm³/mol. The SMILES string of the molecule is Cc1ccc2c(c1)oc1c(F)cccc12. The van der Waals surface area contributed by atoms with Crippen molar-refractivity contribution in [2.24, 2.45) is 0 Å². The Labute approximate surface area is 86.1 Å². The highest BCUT2D eigenvalue weighted by Gasteiger charge is 2.09. The number of aryl methyl sites for hydroxylation is 1. The maximum atomic E-state index is 13.4. The number of para-hydroxylation sites is 1. The molecule has 1 aromatic heterocycles. The zero-order valence-electron chi connectivity index (χ0n) is 8.25. The molecule has 0 aliphatic carbocycles. The molecule has 15 heavy (non-hydrogen) atoms. The van der Waals surface area contributed by atoms with E-state index in [-0.39, 0.29) is 5.82 Å². The molecule has 0 atom stereocenters. The van der Waals surface area contributed by atoms with E-state index in [0.717, 1.165) is 21.9 Å². The summed E-state index contributed by atoms with van der Waals surface area (Å²) < 4.78 is 18.9. The molecule has 74 valence electrons. The third-order valence-corrected chi connectivity index (χ3v) is 2.61. The molecule has 3 aromatic rings. The van der Waals surface area contributed by atoms with Crippen molar-refractivity contribution in [3.8, 4) is 0 Å². The van der Waals surface area contributed by atoms with Gasteiger partial charge >= 0.3 is 0 Å². The molecule has 0 aliphatic rings. The van der Waals surface area contributed by atoms with Crippen molar-refractivity contribution in [3.63, 3.8) is 0 Å². The molecule has 0 unspecified atom stereocenters. The van der Waals surface area contributed by atoms with E-state index < -0.39 is 0 Å². The number of furan rings is 1. The first-order valence-corrected chi connectivity index (χ1v) is 4.83. The molecular weight excluding hydrogens is 191 g/mol. The van der Waals surface area contributed by atoms with Gasteiger partial charge in [-0.3, -0.25) is 0 Å². The average Bonchev–Trinajstić information content (AvgIpc) is 2.57. The topological polar surface area (TPSA) is 13.1 Å². The zero-order valence-corrected chi connectivity index (χ0v) is 8.25. The van der Waals surface area contributed by atoms with Crippen molar-refractivity contribution >= 4 is 21.9 Å². The first-order chi connectivity index (χ1) is 7.25. The van der Waals surface area contributed by atoms with Crippen LogP contribution in [0.5, 0.6) is 0 Å². The van der Waals surface area contributed by atoms with Gasteiger partial charge in [0.15, 0.2) is 11.4 Å². The minimum absolute atomic E-state index is 0.304. The van der Waals surface area contributed by atoms with Gasteiger partial charge in [0.25, 0.3) is 0 Å². The van der Waals surface area contributed by atoms with Crippen molar-refractivity contribution in [2.75, 3.05) is 0 Å². The van der Waals surface area contributed by atoms with Crippen molar-refractivity contribution < 1.29 is 8.81 Å². The van der Waals surface area contributed by atoms with Gasteiger partial charge in [-0.05, 0) is 24.6 Å². The Kier molecular flexibility index (Phi) is 1.60. The van der Waals surface area contributed by atoms with Crippen molar-refractivity contribution in [1.82, 2.24) is 0 Å². The number of benzene rings is 2. The van der Waals surface area contributed by atoms with Gasteiger partial charge in [-0.25, -0.2) is 4.39 Å². The standard InChI is InChI=1S/C13H9FO/c1-8-5-6-9-10-3-2-4-11(14)13(10)15-12(9)7-8/h2-7H,1H3. The second kappa shape index (κ2) is 2.83. The molecule has 1 heterocycles. The van der Waals surface area contributed by atoms with E-state index >= 15 is 0 Å².